The molecule has 0 spiro atoms. The van der Waals surface area contributed by atoms with Gasteiger partial charge in [0.15, 0.2) is 5.69 Å². The molecule has 0 radical (unpaired) electrons. The number of hydrogen-bond donors (Lipinski definition) is 6. The molecule has 9 nitrogen and oxygen atoms in total. The van der Waals surface area contributed by atoms with Crippen LogP contribution in [0.15, 0.2) is 18.2 Å². The number of nitrogens with two attached hydrogens (primary N) is 1. The zero-order valence-electron chi connectivity index (χ0n) is 11.5. The van der Waals surface area contributed by atoms with Crippen molar-refractivity contribution in [3.8, 4) is 5.75 Å². The number of hydrogen-bond acceptors (Lipinski definition) is 5. The first kappa shape index (κ1) is 18.2. The molecule has 12 heteroatoms. The monoisotopic (exact) mass is 339 g/mol. The van der Waals surface area contributed by atoms with Crippen LogP contribution in [-0.4, -0.2) is 45.1 Å². The van der Waals surface area contributed by atoms with E-state index in [2.05, 4.69) is 10.1 Å². The summed E-state index contributed by atoms with van der Waals surface area (Å²) in [6, 6.07) is 2.65. The fraction of sp³-hybridized carbons (Fsp3) is 0.273. The normalized spacial score (nSPS) is 12.3. The van der Waals surface area contributed by atoms with Crippen LogP contribution in [-0.2, 0) is 4.79 Å². The van der Waals surface area contributed by atoms with Gasteiger partial charge in [0.05, 0.1) is 13.0 Å². The van der Waals surface area contributed by atoms with Crippen LogP contribution in [0.1, 0.15) is 6.42 Å². The van der Waals surface area contributed by atoms with Crippen LogP contribution in [0.25, 0.3) is 0 Å². The van der Waals surface area contributed by atoms with Crippen LogP contribution >= 0.6 is 0 Å². The van der Waals surface area contributed by atoms with Gasteiger partial charge in [0.25, 0.3) is 0 Å². The van der Waals surface area contributed by atoms with Crippen molar-refractivity contribution in [1.29, 1.82) is 0 Å². The lowest BCUT2D eigenvalue weighted by atomic mass is 10.2. The van der Waals surface area contributed by atoms with Gasteiger partial charge in [0.1, 0.15) is 11.4 Å². The number of carbonyl (C=O) groups is 1. The molecular formula is C11H14F3N4O5+. The van der Waals surface area contributed by atoms with E-state index in [-0.39, 0.29) is 24.3 Å². The van der Waals surface area contributed by atoms with Gasteiger partial charge in [-0.05, 0) is 12.1 Å². The van der Waals surface area contributed by atoms with E-state index >= 15 is 0 Å². The average molecular weight is 339 g/mol. The van der Waals surface area contributed by atoms with E-state index in [1.54, 1.807) is 5.48 Å². The molecule has 0 saturated heterocycles. The molecule has 23 heavy (non-hydrogen) atoms. The number of ether oxygens (including phenoxy) is 1. The minimum atomic E-state index is -4.92. The molecule has 0 saturated carbocycles. The minimum Gasteiger partial charge on any atom is -0.481 e. The van der Waals surface area contributed by atoms with Crippen molar-refractivity contribution in [3.63, 3.8) is 0 Å². The first-order chi connectivity index (χ1) is 10.6. The maximum Gasteiger partial charge on any atom is 0.573 e. The number of carboxylic acids is 1. The summed E-state index contributed by atoms with van der Waals surface area (Å²) in [7, 11) is 0. The standard InChI is InChI=1S/C11H13F3N4O5/c12-11(13,14)23-6-1-2-8(7(5-6)17-21)18(22)10(15)16-4-3-9(19)20/h1-2,5,17,21-22H,3-4H2,(H3,15,16,19,20)/p+1. The van der Waals surface area contributed by atoms with E-state index in [0.29, 0.717) is 4.74 Å². The molecular weight excluding hydrogens is 325 g/mol. The Hall–Kier alpha value is -2.89. The Morgan fingerprint density at radius 1 is 1.39 bits per heavy atom. The summed E-state index contributed by atoms with van der Waals surface area (Å²) >= 11 is 0. The molecule has 128 valence electrons. The van der Waals surface area contributed by atoms with E-state index in [4.69, 9.17) is 16.0 Å². The molecule has 0 aliphatic rings. The molecule has 0 aromatic heterocycles. The van der Waals surface area contributed by atoms with Gasteiger partial charge in [0.2, 0.25) is 0 Å². The van der Waals surface area contributed by atoms with Gasteiger partial charge >= 0.3 is 18.3 Å². The predicted molar refractivity (Wildman–Crippen MR) is 69.7 cm³/mol. The zero-order chi connectivity index (χ0) is 17.6. The van der Waals surface area contributed by atoms with Crippen molar-refractivity contribution in [3.05, 3.63) is 18.2 Å². The molecule has 1 aromatic rings. The Morgan fingerprint density at radius 3 is 2.57 bits per heavy atom. The van der Waals surface area contributed by atoms with Crippen molar-refractivity contribution in [2.75, 3.05) is 12.0 Å². The molecule has 7 N–H and O–H groups in total. The topological polar surface area (TPSA) is 140 Å². The van der Waals surface area contributed by atoms with Gasteiger partial charge in [-0.3, -0.25) is 26.5 Å². The highest BCUT2D eigenvalue weighted by Crippen LogP contribution is 2.31. The number of benzene rings is 1. The van der Waals surface area contributed by atoms with Gasteiger partial charge in [-0.25, -0.2) is 0 Å². The molecule has 0 bridgehead atoms. The van der Waals surface area contributed by atoms with E-state index in [0.717, 1.165) is 18.2 Å². The lowest BCUT2D eigenvalue weighted by Gasteiger charge is -2.12. The van der Waals surface area contributed by atoms with E-state index in [9.17, 15) is 23.2 Å². The summed E-state index contributed by atoms with van der Waals surface area (Å²) in [6.07, 6.45) is -5.20. The number of nitrogens with zero attached hydrogens (tertiary/aromatic N) is 1. The second kappa shape index (κ2) is 7.40. The molecule has 0 amide bonds. The SMILES string of the molecule is N/C(NCCC(=O)O)=[N+](/O)c1ccc(OC(F)(F)F)cc1NO. The van der Waals surface area contributed by atoms with Crippen molar-refractivity contribution < 1.29 is 43.0 Å². The zero-order valence-corrected chi connectivity index (χ0v) is 11.5. The molecule has 0 unspecified atom stereocenters. The molecule has 0 aliphatic carbocycles. The van der Waals surface area contributed by atoms with Crippen molar-refractivity contribution in [2.45, 2.75) is 12.8 Å². The summed E-state index contributed by atoms with van der Waals surface area (Å²) in [4.78, 5) is 10.4. The Bertz CT molecular complexity index is 606. The molecule has 1 aromatic carbocycles. The fourth-order valence-corrected chi connectivity index (χ4v) is 1.49. The summed E-state index contributed by atoms with van der Waals surface area (Å²) < 4.78 is 40.3. The number of rotatable bonds is 6. The van der Waals surface area contributed by atoms with Crippen molar-refractivity contribution in [2.24, 2.45) is 5.73 Å². The number of aliphatic carboxylic acids is 1. The lowest BCUT2D eigenvalue weighted by Crippen LogP contribution is -2.39. The minimum absolute atomic E-state index is 0.102. The maximum atomic E-state index is 12.1. The smallest absolute Gasteiger partial charge is 0.481 e. The van der Waals surface area contributed by atoms with Crippen molar-refractivity contribution in [1.82, 2.24) is 5.32 Å². The number of nitrogens with one attached hydrogen (secondary N) is 2. The highest BCUT2D eigenvalue weighted by Gasteiger charge is 2.31. The van der Waals surface area contributed by atoms with Crippen LogP contribution in [0.4, 0.5) is 24.5 Å². The largest absolute Gasteiger partial charge is 0.573 e. The van der Waals surface area contributed by atoms with Gasteiger partial charge in [-0.15, -0.1) is 13.2 Å². The van der Waals surface area contributed by atoms with Crippen LogP contribution in [0.3, 0.4) is 0 Å². The predicted octanol–water partition coefficient (Wildman–Crippen LogP) is 0.798. The third kappa shape index (κ3) is 5.78. The van der Waals surface area contributed by atoms with Crippen LogP contribution < -0.4 is 21.3 Å². The quantitative estimate of drug-likeness (QED) is 0.147. The Balaban J connectivity index is 2.99. The maximum absolute atomic E-state index is 12.1. The van der Waals surface area contributed by atoms with Gasteiger partial charge in [0, 0.05) is 6.07 Å². The fourth-order valence-electron chi connectivity index (χ4n) is 1.49. The van der Waals surface area contributed by atoms with Gasteiger partial charge in [-0.1, -0.05) is 4.74 Å². The first-order valence-corrected chi connectivity index (χ1v) is 6.01. The molecule has 0 aliphatic heterocycles. The van der Waals surface area contributed by atoms with Gasteiger partial charge in [-0.2, -0.15) is 0 Å². The van der Waals surface area contributed by atoms with E-state index in [1.165, 1.54) is 0 Å². The summed E-state index contributed by atoms with van der Waals surface area (Å²) in [5.74, 6) is -2.13. The Morgan fingerprint density at radius 2 is 2.04 bits per heavy atom. The van der Waals surface area contributed by atoms with Crippen LogP contribution in [0.2, 0.25) is 0 Å². The highest BCUT2D eigenvalue weighted by molar-refractivity contribution is 5.76. The second-order valence-electron chi connectivity index (χ2n) is 4.11. The number of anilines is 1. The number of carboxylic acid groups (broad SMARTS) is 1. The van der Waals surface area contributed by atoms with Crippen LogP contribution in [0.5, 0.6) is 5.75 Å². The summed E-state index contributed by atoms with van der Waals surface area (Å²) in [5.41, 5.74) is 6.52. The molecule has 0 atom stereocenters. The van der Waals surface area contributed by atoms with Gasteiger partial charge < -0.3 is 15.1 Å². The summed E-state index contributed by atoms with van der Waals surface area (Å²) in [6.45, 7) is -0.102. The number of guanidine groups is 1. The first-order valence-electron chi connectivity index (χ1n) is 6.01. The second-order valence-corrected chi connectivity index (χ2v) is 4.11. The van der Waals surface area contributed by atoms with Crippen molar-refractivity contribution >= 4 is 23.3 Å². The van der Waals surface area contributed by atoms with E-state index in [1.807, 2.05) is 0 Å². The number of alkyl halides is 3. The molecule has 1 rings (SSSR count). The molecule has 0 heterocycles. The average Bonchev–Trinajstić information content (AvgIpc) is 2.44. The number of halogens is 3. The summed E-state index contributed by atoms with van der Waals surface area (Å²) in [5, 5.41) is 29.6. The lowest BCUT2D eigenvalue weighted by molar-refractivity contribution is -0.714. The highest BCUT2D eigenvalue weighted by atomic mass is 19.4. The third-order valence-electron chi connectivity index (χ3n) is 2.42. The Labute approximate surface area is 127 Å². The van der Waals surface area contributed by atoms with Crippen LogP contribution in [0, 0.1) is 0 Å². The Kier molecular flexibility index (Phi) is 5.84. The third-order valence-corrected chi connectivity index (χ3v) is 2.42. The molecule has 0 fully saturated rings. The van der Waals surface area contributed by atoms with E-state index < -0.39 is 24.0 Å².